The van der Waals surface area contributed by atoms with Gasteiger partial charge in [-0.2, -0.15) is 0 Å². The fourth-order valence-corrected chi connectivity index (χ4v) is 2.11. The molecule has 5 heteroatoms. The van der Waals surface area contributed by atoms with Gasteiger partial charge >= 0.3 is 0 Å². The molecule has 0 saturated heterocycles. The highest BCUT2D eigenvalue weighted by molar-refractivity contribution is 5.95. The van der Waals surface area contributed by atoms with Gasteiger partial charge in [0.1, 0.15) is 11.5 Å². The van der Waals surface area contributed by atoms with E-state index in [1.807, 2.05) is 0 Å². The van der Waals surface area contributed by atoms with Crippen LogP contribution in [0.5, 0.6) is 11.5 Å². The Kier molecular flexibility index (Phi) is 4.03. The Morgan fingerprint density at radius 2 is 1.71 bits per heavy atom. The first-order valence-corrected chi connectivity index (χ1v) is 6.55. The van der Waals surface area contributed by atoms with Crippen molar-refractivity contribution in [2.75, 3.05) is 10.6 Å². The molecule has 0 aromatic heterocycles. The van der Waals surface area contributed by atoms with Crippen LogP contribution >= 0.6 is 0 Å². The number of benzene rings is 2. The number of phenolic OH excluding ortho intramolecular Hbond substituents is 2. The standard InChI is InChI=1S/C16H18N2O3/c1-9-8-14(18-12-4-6-13(20)7-5-12)15(17-11(3)19)10(2)16(9)21/h4-8,18,20-21H,1-3H3,(H,17,19). The van der Waals surface area contributed by atoms with Crippen molar-refractivity contribution in [1.29, 1.82) is 0 Å². The largest absolute Gasteiger partial charge is 0.508 e. The molecule has 2 rings (SSSR count). The monoisotopic (exact) mass is 286 g/mol. The predicted octanol–water partition coefficient (Wildman–Crippen LogP) is 3.42. The van der Waals surface area contributed by atoms with Crippen molar-refractivity contribution < 1.29 is 15.0 Å². The van der Waals surface area contributed by atoms with E-state index in [0.29, 0.717) is 22.5 Å². The van der Waals surface area contributed by atoms with Crippen LogP contribution in [0.4, 0.5) is 17.1 Å². The number of rotatable bonds is 3. The maximum Gasteiger partial charge on any atom is 0.221 e. The van der Waals surface area contributed by atoms with Crippen molar-refractivity contribution in [3.63, 3.8) is 0 Å². The summed E-state index contributed by atoms with van der Waals surface area (Å²) < 4.78 is 0. The number of anilines is 3. The molecule has 0 aliphatic carbocycles. The lowest BCUT2D eigenvalue weighted by atomic mass is 10.1. The van der Waals surface area contributed by atoms with E-state index in [2.05, 4.69) is 10.6 Å². The van der Waals surface area contributed by atoms with Gasteiger partial charge in [0.15, 0.2) is 0 Å². The third-order valence-electron chi connectivity index (χ3n) is 3.18. The highest BCUT2D eigenvalue weighted by atomic mass is 16.3. The Labute approximate surface area is 123 Å². The van der Waals surface area contributed by atoms with Gasteiger partial charge in [0.2, 0.25) is 5.91 Å². The van der Waals surface area contributed by atoms with Crippen LogP contribution in [0.1, 0.15) is 18.1 Å². The maximum absolute atomic E-state index is 11.4. The molecular formula is C16H18N2O3. The van der Waals surface area contributed by atoms with Crippen LogP contribution in [0.15, 0.2) is 30.3 Å². The van der Waals surface area contributed by atoms with Gasteiger partial charge in [-0.25, -0.2) is 0 Å². The van der Waals surface area contributed by atoms with Crippen LogP contribution in [0, 0.1) is 13.8 Å². The smallest absolute Gasteiger partial charge is 0.221 e. The third kappa shape index (κ3) is 3.25. The summed E-state index contributed by atoms with van der Waals surface area (Å²) in [4.78, 5) is 11.4. The quantitative estimate of drug-likeness (QED) is 0.652. The first kappa shape index (κ1) is 14.7. The van der Waals surface area contributed by atoms with E-state index in [1.54, 1.807) is 44.2 Å². The van der Waals surface area contributed by atoms with Gasteiger partial charge < -0.3 is 20.8 Å². The van der Waals surface area contributed by atoms with E-state index >= 15 is 0 Å². The van der Waals surface area contributed by atoms with Crippen molar-refractivity contribution in [2.24, 2.45) is 0 Å². The lowest BCUT2D eigenvalue weighted by Crippen LogP contribution is -2.10. The van der Waals surface area contributed by atoms with Gasteiger partial charge in [0.25, 0.3) is 0 Å². The molecule has 0 bridgehead atoms. The van der Waals surface area contributed by atoms with Crippen molar-refractivity contribution >= 4 is 23.0 Å². The van der Waals surface area contributed by atoms with Gasteiger partial charge in [0, 0.05) is 18.2 Å². The minimum atomic E-state index is -0.213. The number of amides is 1. The van der Waals surface area contributed by atoms with Crippen LogP contribution in [0.3, 0.4) is 0 Å². The summed E-state index contributed by atoms with van der Waals surface area (Å²) in [6, 6.07) is 8.36. The molecule has 5 nitrogen and oxygen atoms in total. The number of carbonyl (C=O) groups excluding carboxylic acids is 1. The SMILES string of the molecule is CC(=O)Nc1c(Nc2ccc(O)cc2)cc(C)c(O)c1C. The number of phenols is 2. The maximum atomic E-state index is 11.4. The molecule has 0 spiro atoms. The Hall–Kier alpha value is -2.69. The number of nitrogens with one attached hydrogen (secondary N) is 2. The van der Waals surface area contributed by atoms with E-state index in [4.69, 9.17) is 0 Å². The second-order valence-electron chi connectivity index (χ2n) is 4.94. The second kappa shape index (κ2) is 5.75. The Morgan fingerprint density at radius 1 is 1.10 bits per heavy atom. The average Bonchev–Trinajstić information content (AvgIpc) is 2.43. The molecule has 21 heavy (non-hydrogen) atoms. The Bertz CT molecular complexity index is 679. The highest BCUT2D eigenvalue weighted by Crippen LogP contribution is 2.37. The molecule has 0 saturated carbocycles. The van der Waals surface area contributed by atoms with Crippen molar-refractivity contribution in [2.45, 2.75) is 20.8 Å². The lowest BCUT2D eigenvalue weighted by molar-refractivity contribution is -0.114. The minimum Gasteiger partial charge on any atom is -0.508 e. The molecular weight excluding hydrogens is 268 g/mol. The van der Waals surface area contributed by atoms with E-state index in [0.717, 1.165) is 5.69 Å². The van der Waals surface area contributed by atoms with E-state index in [-0.39, 0.29) is 17.4 Å². The fourth-order valence-electron chi connectivity index (χ4n) is 2.11. The predicted molar refractivity (Wildman–Crippen MR) is 83.3 cm³/mol. The van der Waals surface area contributed by atoms with Gasteiger partial charge in [-0.15, -0.1) is 0 Å². The van der Waals surface area contributed by atoms with E-state index in [1.165, 1.54) is 6.92 Å². The molecule has 0 unspecified atom stereocenters. The molecule has 0 aliphatic rings. The van der Waals surface area contributed by atoms with Crippen molar-refractivity contribution in [3.8, 4) is 11.5 Å². The molecule has 2 aromatic rings. The zero-order chi connectivity index (χ0) is 15.6. The highest BCUT2D eigenvalue weighted by Gasteiger charge is 2.14. The molecule has 0 atom stereocenters. The third-order valence-corrected chi connectivity index (χ3v) is 3.18. The summed E-state index contributed by atoms with van der Waals surface area (Å²) in [5.74, 6) is 0.130. The summed E-state index contributed by atoms with van der Waals surface area (Å²) >= 11 is 0. The fraction of sp³-hybridized carbons (Fsp3) is 0.188. The van der Waals surface area contributed by atoms with Crippen LogP contribution in [0.2, 0.25) is 0 Å². The molecule has 4 N–H and O–H groups in total. The molecule has 2 aromatic carbocycles. The first-order chi connectivity index (χ1) is 9.88. The number of hydrogen-bond donors (Lipinski definition) is 4. The van der Waals surface area contributed by atoms with Crippen molar-refractivity contribution in [3.05, 3.63) is 41.5 Å². The number of aryl methyl sites for hydroxylation is 1. The minimum absolute atomic E-state index is 0.162. The molecule has 0 radical (unpaired) electrons. The molecule has 0 aliphatic heterocycles. The Balaban J connectivity index is 2.45. The van der Waals surface area contributed by atoms with E-state index in [9.17, 15) is 15.0 Å². The van der Waals surface area contributed by atoms with Crippen LogP contribution in [0.25, 0.3) is 0 Å². The zero-order valence-corrected chi connectivity index (χ0v) is 12.2. The second-order valence-corrected chi connectivity index (χ2v) is 4.94. The molecule has 110 valence electrons. The van der Waals surface area contributed by atoms with E-state index < -0.39 is 0 Å². The Morgan fingerprint density at radius 3 is 2.29 bits per heavy atom. The van der Waals surface area contributed by atoms with Crippen LogP contribution in [-0.4, -0.2) is 16.1 Å². The average molecular weight is 286 g/mol. The molecule has 1 amide bonds. The lowest BCUT2D eigenvalue weighted by Gasteiger charge is -2.17. The van der Waals surface area contributed by atoms with Gasteiger partial charge in [-0.1, -0.05) is 0 Å². The zero-order valence-electron chi connectivity index (χ0n) is 12.2. The molecule has 0 fully saturated rings. The van der Waals surface area contributed by atoms with Gasteiger partial charge in [-0.05, 0) is 49.7 Å². The number of aromatic hydroxyl groups is 2. The summed E-state index contributed by atoms with van der Waals surface area (Å²) in [7, 11) is 0. The van der Waals surface area contributed by atoms with Crippen LogP contribution < -0.4 is 10.6 Å². The van der Waals surface area contributed by atoms with Gasteiger partial charge in [-0.3, -0.25) is 4.79 Å². The molecule has 0 heterocycles. The first-order valence-electron chi connectivity index (χ1n) is 6.55. The normalized spacial score (nSPS) is 10.2. The van der Waals surface area contributed by atoms with Crippen LogP contribution in [-0.2, 0) is 4.79 Å². The summed E-state index contributed by atoms with van der Waals surface area (Å²) in [6.07, 6.45) is 0. The van der Waals surface area contributed by atoms with Gasteiger partial charge in [0.05, 0.1) is 11.4 Å². The topological polar surface area (TPSA) is 81.6 Å². The summed E-state index contributed by atoms with van der Waals surface area (Å²) in [5, 5.41) is 25.2. The van der Waals surface area contributed by atoms with Crippen molar-refractivity contribution in [1.82, 2.24) is 0 Å². The number of hydrogen-bond acceptors (Lipinski definition) is 4. The summed E-state index contributed by atoms with van der Waals surface area (Å²) in [6.45, 7) is 4.96. The number of carbonyl (C=O) groups is 1. The summed E-state index contributed by atoms with van der Waals surface area (Å²) in [5.41, 5.74) is 3.31.